The van der Waals surface area contributed by atoms with Crippen LogP contribution in [0.25, 0.3) is 11.1 Å². The molecule has 0 aliphatic rings. The summed E-state index contributed by atoms with van der Waals surface area (Å²) >= 11 is 0. The van der Waals surface area contributed by atoms with E-state index in [-0.39, 0.29) is 74.7 Å². The van der Waals surface area contributed by atoms with Gasteiger partial charge in [0.2, 0.25) is 0 Å². The van der Waals surface area contributed by atoms with Crippen molar-refractivity contribution >= 4 is 15.8 Å². The van der Waals surface area contributed by atoms with Crippen LogP contribution >= 0.6 is 0 Å². The molecule has 0 spiro atoms. The van der Waals surface area contributed by atoms with Crippen LogP contribution in [0.15, 0.2) is 41.3 Å². The van der Waals surface area contributed by atoms with E-state index in [1.54, 1.807) is 30.3 Å². The Morgan fingerprint density at radius 2 is 1.83 bits per heavy atom. The summed E-state index contributed by atoms with van der Waals surface area (Å²) in [6.45, 7) is 0.749. The molecule has 1 heterocycles. The van der Waals surface area contributed by atoms with E-state index < -0.39 is 38.4 Å². The van der Waals surface area contributed by atoms with Gasteiger partial charge in [-0.2, -0.15) is 0 Å². The number of halogens is 1. The maximum absolute atomic E-state index is 14.7. The van der Waals surface area contributed by atoms with Crippen LogP contribution in [0.1, 0.15) is 13.3 Å². The number of pyridine rings is 1. The summed E-state index contributed by atoms with van der Waals surface area (Å²) in [6, 6.07) is 8.35. The third kappa shape index (κ3) is 5.75. The molecule has 1 aromatic carbocycles. The van der Waals surface area contributed by atoms with E-state index in [9.17, 15) is 27.5 Å². The zero-order chi connectivity index (χ0) is 20.4. The van der Waals surface area contributed by atoms with Gasteiger partial charge in [0.05, 0.1) is 12.7 Å². The average Bonchev–Trinajstić information content (AvgIpc) is 2.60. The number of hydrogen-bond acceptors (Lipinski definition) is 6. The van der Waals surface area contributed by atoms with E-state index in [4.69, 9.17) is 4.74 Å². The van der Waals surface area contributed by atoms with Crippen LogP contribution in [0, 0.1) is 5.82 Å². The fourth-order valence-electron chi connectivity index (χ4n) is 2.62. The third-order valence-corrected chi connectivity index (χ3v) is 6.57. The minimum atomic E-state index is -3.96. The van der Waals surface area contributed by atoms with Gasteiger partial charge in [-0.1, -0.05) is 30.3 Å². The molecule has 1 aromatic heterocycles. The first-order valence-corrected chi connectivity index (χ1v) is 9.87. The van der Waals surface area contributed by atoms with Gasteiger partial charge >= 0.3 is 57.4 Å². The quantitative estimate of drug-likeness (QED) is 0.519. The first kappa shape index (κ1) is 27.9. The van der Waals surface area contributed by atoms with Crippen LogP contribution in [0.5, 0.6) is 5.75 Å². The van der Waals surface area contributed by atoms with Gasteiger partial charge in [-0.3, -0.25) is 9.59 Å². The summed E-state index contributed by atoms with van der Waals surface area (Å²) in [5.41, 5.74) is -0.245. The average molecular weight is 454 g/mol. The van der Waals surface area contributed by atoms with Crippen molar-refractivity contribution in [3.8, 4) is 16.9 Å². The Morgan fingerprint density at radius 1 is 1.28 bits per heavy atom. The Bertz CT molecular complexity index is 1020. The standard InChI is InChI=1S/C18H20FNO6S.K.H2O/c1-18(17(22)23,27(3,24)25)9-10-20-11-13(19)14(15(26-2)16(20)21)12-7-5-4-6-8-12;;/h4-8,11H,9-10H2,1-3H3,(H,22,23);;1H2/q;+1;/p-1/t18-;;/m1../s1. The van der Waals surface area contributed by atoms with Gasteiger partial charge in [-0.25, -0.2) is 12.8 Å². The third-order valence-electron chi connectivity index (χ3n) is 4.56. The Labute approximate surface area is 210 Å². The number of benzene rings is 1. The van der Waals surface area contributed by atoms with Crippen molar-refractivity contribution in [3.63, 3.8) is 0 Å². The molecule has 0 fully saturated rings. The minimum absolute atomic E-state index is 0. The summed E-state index contributed by atoms with van der Waals surface area (Å²) < 4.78 is 42.3. The zero-order valence-corrected chi connectivity index (χ0v) is 20.5. The van der Waals surface area contributed by atoms with Crippen LogP contribution in [-0.4, -0.2) is 47.6 Å². The molecule has 2 N–H and O–H groups in total. The summed E-state index contributed by atoms with van der Waals surface area (Å²) in [5.74, 6) is -2.52. The Morgan fingerprint density at radius 3 is 2.28 bits per heavy atom. The van der Waals surface area contributed by atoms with Gasteiger partial charge in [0, 0.05) is 19.0 Å². The molecule has 0 aliphatic carbocycles. The molecule has 11 heteroatoms. The molecule has 2 aromatic rings. The largest absolute Gasteiger partial charge is 1.00 e. The smallest absolute Gasteiger partial charge is 0.870 e. The van der Waals surface area contributed by atoms with E-state index in [1.807, 2.05) is 0 Å². The Hall–Kier alpha value is -1.08. The van der Waals surface area contributed by atoms with Gasteiger partial charge in [0.25, 0.3) is 5.56 Å². The van der Waals surface area contributed by atoms with Crippen LogP contribution < -0.4 is 61.7 Å². The van der Waals surface area contributed by atoms with Gasteiger partial charge < -0.3 is 19.9 Å². The van der Waals surface area contributed by atoms with E-state index in [1.165, 1.54) is 7.11 Å². The number of ether oxygens (including phenoxy) is 1. The topological polar surface area (TPSA) is 133 Å². The number of aryl methyl sites for hydroxylation is 1. The predicted octanol–water partition coefficient (Wildman–Crippen LogP) is -1.23. The van der Waals surface area contributed by atoms with Crippen molar-refractivity contribution in [2.75, 3.05) is 13.4 Å². The van der Waals surface area contributed by atoms with Gasteiger partial charge in [0.1, 0.15) is 0 Å². The van der Waals surface area contributed by atoms with Crippen LogP contribution in [0.3, 0.4) is 0 Å². The van der Waals surface area contributed by atoms with E-state index in [2.05, 4.69) is 0 Å². The van der Waals surface area contributed by atoms with E-state index in [0.29, 0.717) is 5.56 Å². The predicted molar refractivity (Wildman–Crippen MR) is 100 cm³/mol. The molecule has 154 valence electrons. The number of aliphatic carboxylic acids is 1. The number of carbonyl (C=O) groups is 1. The van der Waals surface area contributed by atoms with E-state index >= 15 is 0 Å². The molecule has 0 saturated carbocycles. The minimum Gasteiger partial charge on any atom is -0.870 e. The van der Waals surface area contributed by atoms with Crippen LogP contribution in [0.2, 0.25) is 0 Å². The second-order valence-electron chi connectivity index (χ2n) is 6.31. The SMILES string of the molecule is COc1c(-c2ccccc2)c(F)cn(CC[C@](C)(C(=O)O)S(C)(=O)=O)c1=O.[K+].[OH-]. The molecule has 0 radical (unpaired) electrons. The summed E-state index contributed by atoms with van der Waals surface area (Å²) in [6.07, 6.45) is 1.33. The number of nitrogens with zero attached hydrogens (tertiary/aromatic N) is 1. The number of aromatic nitrogens is 1. The van der Waals surface area contributed by atoms with Gasteiger partial charge in [0.15, 0.2) is 26.2 Å². The molecule has 0 unspecified atom stereocenters. The van der Waals surface area contributed by atoms with Crippen LogP contribution in [-0.2, 0) is 21.2 Å². The normalized spacial score (nSPS) is 12.8. The molecule has 29 heavy (non-hydrogen) atoms. The monoisotopic (exact) mass is 453 g/mol. The number of rotatable bonds is 7. The van der Waals surface area contributed by atoms with Crippen molar-refractivity contribution < 1.29 is 84.3 Å². The van der Waals surface area contributed by atoms with Crippen molar-refractivity contribution in [3.05, 3.63) is 52.7 Å². The second kappa shape index (κ2) is 10.8. The van der Waals surface area contributed by atoms with Crippen molar-refractivity contribution in [1.29, 1.82) is 0 Å². The summed E-state index contributed by atoms with van der Waals surface area (Å²) in [5, 5.41) is 9.30. The fourth-order valence-corrected chi connectivity index (χ4v) is 3.40. The molecule has 1 atom stereocenters. The molecule has 0 amide bonds. The first-order valence-electron chi connectivity index (χ1n) is 7.98. The molecule has 8 nitrogen and oxygen atoms in total. The van der Waals surface area contributed by atoms with Crippen molar-refractivity contribution in [2.45, 2.75) is 24.6 Å². The van der Waals surface area contributed by atoms with E-state index in [0.717, 1.165) is 23.9 Å². The molecular weight excluding hydrogens is 432 g/mol. The van der Waals surface area contributed by atoms with Gasteiger partial charge in [-0.05, 0) is 18.9 Å². The Kier molecular flexibility index (Phi) is 10.4. The maximum Gasteiger partial charge on any atom is 1.00 e. The number of carboxylic acids is 1. The summed E-state index contributed by atoms with van der Waals surface area (Å²) in [7, 11) is -2.74. The maximum atomic E-state index is 14.7. The Balaban J connectivity index is 0.00000392. The van der Waals surface area contributed by atoms with Crippen molar-refractivity contribution in [1.82, 2.24) is 4.57 Å². The fraction of sp³-hybridized carbons (Fsp3) is 0.333. The molecular formula is C18H21FKNO7S. The number of carboxylic acid groups (broad SMARTS) is 1. The molecule has 2 rings (SSSR count). The number of methoxy groups -OCH3 is 1. The van der Waals surface area contributed by atoms with Gasteiger partial charge in [-0.15, -0.1) is 0 Å². The van der Waals surface area contributed by atoms with Crippen molar-refractivity contribution in [2.24, 2.45) is 0 Å². The first-order chi connectivity index (χ1) is 12.5. The number of hydrogen-bond donors (Lipinski definition) is 1. The second-order valence-corrected chi connectivity index (χ2v) is 8.75. The molecule has 0 saturated heterocycles. The summed E-state index contributed by atoms with van der Waals surface area (Å²) in [4.78, 5) is 24.1. The molecule has 0 aliphatic heterocycles. The zero-order valence-electron chi connectivity index (χ0n) is 16.5. The number of sulfone groups is 1. The molecule has 0 bridgehead atoms. The van der Waals surface area contributed by atoms with Crippen LogP contribution in [0.4, 0.5) is 4.39 Å².